The molecule has 2 nitrogen and oxygen atoms in total. The second-order valence-corrected chi connectivity index (χ2v) is 5.32. The maximum Gasteiger partial charge on any atom is 0.103 e. The second-order valence-electron chi connectivity index (χ2n) is 5.32. The van der Waals surface area contributed by atoms with E-state index in [0.29, 0.717) is 11.0 Å². The van der Waals surface area contributed by atoms with Crippen LogP contribution >= 0.6 is 0 Å². The number of rotatable bonds is 0. The molecule has 1 saturated heterocycles. The second kappa shape index (κ2) is 1.73. The van der Waals surface area contributed by atoms with E-state index in [1.165, 1.54) is 19.3 Å². The zero-order chi connectivity index (χ0) is 7.91. The quantitative estimate of drug-likeness (QED) is 0.508. The molecule has 4 aliphatic rings. The van der Waals surface area contributed by atoms with Crippen LogP contribution in [0.4, 0.5) is 0 Å². The Morgan fingerprint density at radius 1 is 1.25 bits per heavy atom. The van der Waals surface area contributed by atoms with Gasteiger partial charge in [-0.05, 0) is 37.5 Å². The fourth-order valence-electron chi connectivity index (χ4n) is 3.66. The molecular weight excluding hydrogens is 152 g/mol. The highest BCUT2D eigenvalue weighted by Crippen LogP contribution is 2.77. The number of hydrogen-bond donors (Lipinski definition) is 0. The van der Waals surface area contributed by atoms with Gasteiger partial charge in [-0.1, -0.05) is 13.8 Å². The standard InChI is InChI=1S/C10H16O.H2O/c1-8(2)7-4-5-9(3)10(8,6-7)11-9;/h7H,4-6H2,1-3H3;1H2. The number of hydrogen-bond acceptors (Lipinski definition) is 1. The molecule has 0 radical (unpaired) electrons. The maximum atomic E-state index is 5.93. The average Bonchev–Trinajstić information content (AvgIpc) is 2.57. The predicted molar refractivity (Wildman–Crippen MR) is 47.0 cm³/mol. The van der Waals surface area contributed by atoms with E-state index in [4.69, 9.17) is 4.74 Å². The molecule has 1 spiro atoms. The van der Waals surface area contributed by atoms with E-state index in [9.17, 15) is 0 Å². The summed E-state index contributed by atoms with van der Waals surface area (Å²) in [6.45, 7) is 7.06. The monoisotopic (exact) mass is 170 g/mol. The first-order valence-corrected chi connectivity index (χ1v) is 4.72. The van der Waals surface area contributed by atoms with Crippen LogP contribution in [0.5, 0.6) is 0 Å². The van der Waals surface area contributed by atoms with Crippen molar-refractivity contribution in [2.24, 2.45) is 11.3 Å². The largest absolute Gasteiger partial charge is 0.412 e. The summed E-state index contributed by atoms with van der Waals surface area (Å²) in [6, 6.07) is 0. The van der Waals surface area contributed by atoms with Gasteiger partial charge >= 0.3 is 0 Å². The van der Waals surface area contributed by atoms with E-state index < -0.39 is 0 Å². The molecule has 12 heavy (non-hydrogen) atoms. The van der Waals surface area contributed by atoms with Crippen molar-refractivity contribution in [3.63, 3.8) is 0 Å². The van der Waals surface area contributed by atoms with Crippen molar-refractivity contribution >= 4 is 0 Å². The van der Waals surface area contributed by atoms with Gasteiger partial charge in [0.2, 0.25) is 0 Å². The SMILES string of the molecule is CC12CCC3CC1(O2)C3(C)C.O. The lowest BCUT2D eigenvalue weighted by atomic mass is 9.45. The third-order valence-electron chi connectivity index (χ3n) is 4.78. The van der Waals surface area contributed by atoms with Crippen molar-refractivity contribution in [1.82, 2.24) is 0 Å². The van der Waals surface area contributed by atoms with Crippen LogP contribution in [0, 0.1) is 11.3 Å². The van der Waals surface area contributed by atoms with Crippen LogP contribution in [0.15, 0.2) is 0 Å². The summed E-state index contributed by atoms with van der Waals surface area (Å²) < 4.78 is 5.93. The fourth-order valence-corrected chi connectivity index (χ4v) is 3.66. The molecule has 0 aromatic rings. The summed E-state index contributed by atoms with van der Waals surface area (Å²) in [5.74, 6) is 0.957. The summed E-state index contributed by atoms with van der Waals surface area (Å²) in [6.07, 6.45) is 4.04. The Morgan fingerprint density at radius 3 is 2.33 bits per heavy atom. The van der Waals surface area contributed by atoms with Gasteiger partial charge in [0.05, 0.1) is 5.60 Å². The zero-order valence-corrected chi connectivity index (χ0v) is 8.11. The molecular formula is C10H18O2. The molecule has 3 atom stereocenters. The van der Waals surface area contributed by atoms with Gasteiger partial charge in [-0.15, -0.1) is 0 Å². The fraction of sp³-hybridized carbons (Fsp3) is 1.00. The van der Waals surface area contributed by atoms with Crippen molar-refractivity contribution in [3.05, 3.63) is 0 Å². The van der Waals surface area contributed by atoms with E-state index >= 15 is 0 Å². The van der Waals surface area contributed by atoms with Crippen LogP contribution < -0.4 is 0 Å². The molecule has 3 aliphatic carbocycles. The van der Waals surface area contributed by atoms with Crippen LogP contribution in [0.1, 0.15) is 40.0 Å². The van der Waals surface area contributed by atoms with Gasteiger partial charge < -0.3 is 10.2 Å². The van der Waals surface area contributed by atoms with Crippen LogP contribution in [0.3, 0.4) is 0 Å². The Kier molecular flexibility index (Phi) is 1.23. The summed E-state index contributed by atoms with van der Waals surface area (Å²) in [5.41, 5.74) is 1.09. The van der Waals surface area contributed by atoms with Gasteiger partial charge in [0.25, 0.3) is 0 Å². The predicted octanol–water partition coefficient (Wildman–Crippen LogP) is 1.53. The lowest BCUT2D eigenvalue weighted by Gasteiger charge is -2.55. The van der Waals surface area contributed by atoms with Crippen molar-refractivity contribution in [2.75, 3.05) is 0 Å². The first kappa shape index (κ1) is 8.52. The lowest BCUT2D eigenvalue weighted by Crippen LogP contribution is -2.59. The third-order valence-corrected chi connectivity index (χ3v) is 4.78. The minimum Gasteiger partial charge on any atom is -0.412 e. The number of ether oxygens (including phenoxy) is 1. The minimum atomic E-state index is 0. The summed E-state index contributed by atoms with van der Waals surface area (Å²) >= 11 is 0. The van der Waals surface area contributed by atoms with Crippen LogP contribution in [-0.4, -0.2) is 16.7 Å². The van der Waals surface area contributed by atoms with E-state index in [-0.39, 0.29) is 11.1 Å². The van der Waals surface area contributed by atoms with Gasteiger partial charge in [-0.2, -0.15) is 0 Å². The first-order valence-electron chi connectivity index (χ1n) is 4.72. The first-order chi connectivity index (χ1) is 5.02. The normalized spacial score (nSPS) is 57.8. The molecule has 1 aliphatic heterocycles. The van der Waals surface area contributed by atoms with Crippen LogP contribution in [0.2, 0.25) is 0 Å². The van der Waals surface area contributed by atoms with Gasteiger partial charge in [-0.3, -0.25) is 0 Å². The van der Waals surface area contributed by atoms with Crippen molar-refractivity contribution in [2.45, 2.75) is 51.2 Å². The number of epoxide rings is 1. The van der Waals surface area contributed by atoms with Crippen molar-refractivity contribution in [1.29, 1.82) is 0 Å². The van der Waals surface area contributed by atoms with Gasteiger partial charge in [0.15, 0.2) is 0 Å². The van der Waals surface area contributed by atoms with E-state index in [0.717, 1.165) is 5.92 Å². The summed E-state index contributed by atoms with van der Waals surface area (Å²) in [7, 11) is 0. The molecule has 2 bridgehead atoms. The summed E-state index contributed by atoms with van der Waals surface area (Å²) in [4.78, 5) is 0. The Balaban J connectivity index is 0.000000563. The third kappa shape index (κ3) is 0.521. The molecule has 70 valence electrons. The molecule has 3 unspecified atom stereocenters. The highest BCUT2D eigenvalue weighted by atomic mass is 16.6. The molecule has 0 aromatic carbocycles. The Labute approximate surface area is 73.6 Å². The Morgan fingerprint density at radius 2 is 1.92 bits per heavy atom. The Bertz CT molecular complexity index is 232. The smallest absolute Gasteiger partial charge is 0.103 e. The Hall–Kier alpha value is -0.0800. The van der Waals surface area contributed by atoms with Crippen LogP contribution in [0.25, 0.3) is 0 Å². The van der Waals surface area contributed by atoms with E-state index in [1.807, 2.05) is 0 Å². The minimum absolute atomic E-state index is 0. The van der Waals surface area contributed by atoms with E-state index in [2.05, 4.69) is 20.8 Å². The molecule has 1 heterocycles. The summed E-state index contributed by atoms with van der Waals surface area (Å²) in [5, 5.41) is 0. The highest BCUT2D eigenvalue weighted by molar-refractivity contribution is 5.31. The van der Waals surface area contributed by atoms with Crippen LogP contribution in [-0.2, 0) is 4.74 Å². The van der Waals surface area contributed by atoms with Crippen molar-refractivity contribution < 1.29 is 10.2 Å². The van der Waals surface area contributed by atoms with Crippen molar-refractivity contribution in [3.8, 4) is 0 Å². The molecule has 3 saturated carbocycles. The molecule has 4 fully saturated rings. The number of fused-ring (bicyclic) bond motifs is 1. The molecule has 0 aromatic heterocycles. The molecule has 2 heteroatoms. The maximum absolute atomic E-state index is 5.93. The molecule has 4 rings (SSSR count). The average molecular weight is 170 g/mol. The van der Waals surface area contributed by atoms with Gasteiger partial charge in [-0.25, -0.2) is 0 Å². The molecule has 0 amide bonds. The van der Waals surface area contributed by atoms with E-state index in [1.54, 1.807) is 0 Å². The van der Waals surface area contributed by atoms with Gasteiger partial charge in [0.1, 0.15) is 5.60 Å². The highest BCUT2D eigenvalue weighted by Gasteiger charge is 2.83. The lowest BCUT2D eigenvalue weighted by molar-refractivity contribution is -0.0654. The zero-order valence-electron chi connectivity index (χ0n) is 8.11. The topological polar surface area (TPSA) is 44.0 Å². The van der Waals surface area contributed by atoms with Gasteiger partial charge in [0, 0.05) is 0 Å². The molecule has 2 N–H and O–H groups in total.